The molecule has 1 N–H and O–H groups in total. The third-order valence-electron chi connectivity index (χ3n) is 3.99. The first-order chi connectivity index (χ1) is 9.26. The van der Waals surface area contributed by atoms with E-state index in [4.69, 9.17) is 4.74 Å². The molecule has 2 saturated heterocycles. The summed E-state index contributed by atoms with van der Waals surface area (Å²) >= 11 is 0. The Morgan fingerprint density at radius 2 is 2.05 bits per heavy atom. The van der Waals surface area contributed by atoms with Gasteiger partial charge in [-0.05, 0) is 43.1 Å². The maximum atomic E-state index is 13.4. The Morgan fingerprint density at radius 3 is 2.74 bits per heavy atom. The van der Waals surface area contributed by atoms with Crippen LogP contribution in [0.5, 0.6) is 0 Å². The van der Waals surface area contributed by atoms with E-state index < -0.39 is 0 Å². The molecule has 2 aliphatic heterocycles. The first kappa shape index (κ1) is 12.9. The summed E-state index contributed by atoms with van der Waals surface area (Å²) in [6.07, 6.45) is 3.03. The third-order valence-corrected chi connectivity index (χ3v) is 3.99. The quantitative estimate of drug-likeness (QED) is 0.903. The van der Waals surface area contributed by atoms with E-state index in [-0.39, 0.29) is 5.82 Å². The highest BCUT2D eigenvalue weighted by atomic mass is 19.1. The summed E-state index contributed by atoms with van der Waals surface area (Å²) < 4.78 is 19.3. The molecule has 0 aliphatic carbocycles. The van der Waals surface area contributed by atoms with Crippen molar-refractivity contribution < 1.29 is 9.13 Å². The Kier molecular flexibility index (Phi) is 3.71. The lowest BCUT2D eigenvalue weighted by molar-refractivity contribution is 0.0304. The lowest BCUT2D eigenvalue weighted by Crippen LogP contribution is -2.43. The lowest BCUT2D eigenvalue weighted by Gasteiger charge is -2.35. The van der Waals surface area contributed by atoms with Gasteiger partial charge < -0.3 is 15.0 Å². The molecule has 2 heterocycles. The van der Waals surface area contributed by atoms with Crippen molar-refractivity contribution >= 4 is 5.69 Å². The van der Waals surface area contributed by atoms with Crippen LogP contribution in [-0.2, 0) is 11.3 Å². The predicted octanol–water partition coefficient (Wildman–Crippen LogP) is 2.30. The van der Waals surface area contributed by atoms with E-state index in [0.29, 0.717) is 12.2 Å². The Hall–Kier alpha value is -1.13. The first-order valence-corrected chi connectivity index (χ1v) is 7.16. The van der Waals surface area contributed by atoms with Gasteiger partial charge in [0.05, 0.1) is 12.2 Å². The molecule has 2 fully saturated rings. The minimum absolute atomic E-state index is 0.159. The standard InChI is InChI=1S/C15H21FN2O/c1-2-17-8-11-7-12(16)3-6-15(11)18-9-13-4-5-14(10-18)19-13/h3,6-7,13-14,17H,2,4-5,8-10H2,1H3. The molecule has 4 heteroatoms. The molecule has 3 nitrogen and oxygen atoms in total. The highest BCUT2D eigenvalue weighted by Crippen LogP contribution is 2.31. The first-order valence-electron chi connectivity index (χ1n) is 7.16. The Bertz CT molecular complexity index is 440. The van der Waals surface area contributed by atoms with Gasteiger partial charge in [-0.15, -0.1) is 0 Å². The molecule has 0 saturated carbocycles. The zero-order valence-corrected chi connectivity index (χ0v) is 11.4. The van der Waals surface area contributed by atoms with Gasteiger partial charge in [-0.1, -0.05) is 6.92 Å². The third kappa shape index (κ3) is 2.74. The zero-order valence-electron chi connectivity index (χ0n) is 11.4. The second kappa shape index (κ2) is 5.47. The van der Waals surface area contributed by atoms with Crippen molar-refractivity contribution in [2.24, 2.45) is 0 Å². The van der Waals surface area contributed by atoms with E-state index in [1.165, 1.54) is 0 Å². The molecule has 19 heavy (non-hydrogen) atoms. The monoisotopic (exact) mass is 264 g/mol. The highest BCUT2D eigenvalue weighted by molar-refractivity contribution is 5.54. The summed E-state index contributed by atoms with van der Waals surface area (Å²) in [5, 5.41) is 3.28. The van der Waals surface area contributed by atoms with Crippen LogP contribution in [0.2, 0.25) is 0 Å². The van der Waals surface area contributed by atoms with E-state index >= 15 is 0 Å². The number of halogens is 1. The lowest BCUT2D eigenvalue weighted by atomic mass is 10.1. The fraction of sp³-hybridized carbons (Fsp3) is 0.600. The normalized spacial score (nSPS) is 25.9. The second-order valence-corrected chi connectivity index (χ2v) is 5.42. The van der Waals surface area contributed by atoms with Crippen molar-refractivity contribution in [2.45, 2.75) is 38.5 Å². The zero-order chi connectivity index (χ0) is 13.2. The van der Waals surface area contributed by atoms with Gasteiger partial charge >= 0.3 is 0 Å². The summed E-state index contributed by atoms with van der Waals surface area (Å²) in [6.45, 7) is 5.54. The van der Waals surface area contributed by atoms with Crippen molar-refractivity contribution in [2.75, 3.05) is 24.5 Å². The summed E-state index contributed by atoms with van der Waals surface area (Å²) in [5.41, 5.74) is 2.20. The molecule has 0 radical (unpaired) electrons. The number of benzene rings is 1. The summed E-state index contributed by atoms with van der Waals surface area (Å²) in [5.74, 6) is -0.159. The van der Waals surface area contributed by atoms with Crippen LogP contribution < -0.4 is 10.2 Å². The number of ether oxygens (including phenoxy) is 1. The minimum atomic E-state index is -0.159. The number of hydrogen-bond donors (Lipinski definition) is 1. The Morgan fingerprint density at radius 1 is 1.32 bits per heavy atom. The minimum Gasteiger partial charge on any atom is -0.371 e. The molecule has 0 aromatic heterocycles. The van der Waals surface area contributed by atoms with Crippen LogP contribution in [0.25, 0.3) is 0 Å². The van der Waals surface area contributed by atoms with E-state index in [0.717, 1.165) is 50.3 Å². The van der Waals surface area contributed by atoms with Gasteiger partial charge in [0.2, 0.25) is 0 Å². The number of nitrogens with zero attached hydrogens (tertiary/aromatic N) is 1. The van der Waals surface area contributed by atoms with Gasteiger partial charge in [0.1, 0.15) is 5.82 Å². The molecule has 1 aromatic carbocycles. The smallest absolute Gasteiger partial charge is 0.123 e. The fourth-order valence-electron chi connectivity index (χ4n) is 3.08. The summed E-state index contributed by atoms with van der Waals surface area (Å²) in [7, 11) is 0. The number of fused-ring (bicyclic) bond motifs is 2. The molecule has 1 aromatic rings. The Labute approximate surface area is 113 Å². The van der Waals surface area contributed by atoms with Gasteiger partial charge in [-0.25, -0.2) is 4.39 Å². The number of morpholine rings is 1. The maximum absolute atomic E-state index is 13.4. The number of rotatable bonds is 4. The molecule has 2 aliphatic rings. The van der Waals surface area contributed by atoms with Crippen LogP contribution in [0.15, 0.2) is 18.2 Å². The SMILES string of the molecule is CCNCc1cc(F)ccc1N1CC2CCC(C1)O2. The Balaban J connectivity index is 1.82. The number of anilines is 1. The molecule has 2 atom stereocenters. The molecule has 2 unspecified atom stereocenters. The molecule has 104 valence electrons. The van der Waals surface area contributed by atoms with Crippen LogP contribution in [0.4, 0.5) is 10.1 Å². The van der Waals surface area contributed by atoms with Crippen molar-refractivity contribution in [3.8, 4) is 0 Å². The molecule has 0 amide bonds. The predicted molar refractivity (Wildman–Crippen MR) is 73.9 cm³/mol. The van der Waals surface area contributed by atoms with Gasteiger partial charge in [0, 0.05) is 25.3 Å². The van der Waals surface area contributed by atoms with Crippen molar-refractivity contribution in [1.29, 1.82) is 0 Å². The highest BCUT2D eigenvalue weighted by Gasteiger charge is 2.34. The number of nitrogens with one attached hydrogen (secondary N) is 1. The van der Waals surface area contributed by atoms with Crippen LogP contribution in [-0.4, -0.2) is 31.8 Å². The van der Waals surface area contributed by atoms with E-state index in [1.807, 2.05) is 6.07 Å². The average molecular weight is 264 g/mol. The topological polar surface area (TPSA) is 24.5 Å². The van der Waals surface area contributed by atoms with E-state index in [9.17, 15) is 4.39 Å². The van der Waals surface area contributed by atoms with Crippen molar-refractivity contribution in [3.05, 3.63) is 29.6 Å². The van der Waals surface area contributed by atoms with Gasteiger partial charge in [0.25, 0.3) is 0 Å². The molecule has 2 bridgehead atoms. The van der Waals surface area contributed by atoms with Gasteiger partial charge in [-0.2, -0.15) is 0 Å². The molecule has 0 spiro atoms. The maximum Gasteiger partial charge on any atom is 0.123 e. The second-order valence-electron chi connectivity index (χ2n) is 5.42. The van der Waals surface area contributed by atoms with Crippen molar-refractivity contribution in [3.63, 3.8) is 0 Å². The molecular weight excluding hydrogens is 243 g/mol. The van der Waals surface area contributed by atoms with Gasteiger partial charge in [0.15, 0.2) is 0 Å². The van der Waals surface area contributed by atoms with E-state index in [2.05, 4.69) is 17.1 Å². The molecule has 3 rings (SSSR count). The molecular formula is C15H21FN2O. The van der Waals surface area contributed by atoms with Gasteiger partial charge in [-0.3, -0.25) is 0 Å². The summed E-state index contributed by atoms with van der Waals surface area (Å²) in [4.78, 5) is 2.36. The largest absolute Gasteiger partial charge is 0.371 e. The van der Waals surface area contributed by atoms with Crippen LogP contribution in [0, 0.1) is 5.82 Å². The van der Waals surface area contributed by atoms with Crippen molar-refractivity contribution in [1.82, 2.24) is 5.32 Å². The summed E-state index contributed by atoms with van der Waals surface area (Å²) in [6, 6.07) is 5.12. The number of hydrogen-bond acceptors (Lipinski definition) is 3. The fourth-order valence-corrected chi connectivity index (χ4v) is 3.08. The van der Waals surface area contributed by atoms with Crippen LogP contribution >= 0.6 is 0 Å². The van der Waals surface area contributed by atoms with Crippen LogP contribution in [0.3, 0.4) is 0 Å². The average Bonchev–Trinajstić information content (AvgIpc) is 2.75. The van der Waals surface area contributed by atoms with E-state index in [1.54, 1.807) is 12.1 Å². The van der Waals surface area contributed by atoms with Crippen LogP contribution in [0.1, 0.15) is 25.3 Å².